The average molecular weight is 250 g/mol. The van der Waals surface area contributed by atoms with Crippen molar-refractivity contribution >= 4 is 12.6 Å². The monoisotopic (exact) mass is 250 g/mol. The largest absolute Gasteiger partial charge is 0.301 e. The van der Waals surface area contributed by atoms with Gasteiger partial charge in [0.25, 0.3) is 0 Å². The van der Waals surface area contributed by atoms with E-state index in [0.717, 1.165) is 12.3 Å². The van der Waals surface area contributed by atoms with E-state index in [9.17, 15) is 0 Å². The first-order valence-electron chi connectivity index (χ1n) is 6.48. The predicted molar refractivity (Wildman–Crippen MR) is 76.6 cm³/mol. The molecule has 1 aromatic carbocycles. The van der Waals surface area contributed by atoms with Crippen LogP contribution in [0.1, 0.15) is 12.0 Å². The van der Waals surface area contributed by atoms with Crippen LogP contribution in [0.2, 0.25) is 0 Å². The predicted octanol–water partition coefficient (Wildman–Crippen LogP) is 2.12. The van der Waals surface area contributed by atoms with E-state index >= 15 is 0 Å². The normalized spacial score (nSPS) is 18.4. The Labute approximate surface area is 110 Å². The van der Waals surface area contributed by atoms with Crippen molar-refractivity contribution in [1.82, 2.24) is 9.80 Å². The fourth-order valence-electron chi connectivity index (χ4n) is 2.31. The van der Waals surface area contributed by atoms with E-state index in [4.69, 9.17) is 0 Å². The zero-order valence-electron chi connectivity index (χ0n) is 10.4. The number of rotatable bonds is 5. The Hall–Kier alpha value is -0.510. The molecule has 3 heteroatoms. The lowest BCUT2D eigenvalue weighted by Crippen LogP contribution is -2.46. The van der Waals surface area contributed by atoms with Crippen LogP contribution in [-0.4, -0.2) is 48.3 Å². The van der Waals surface area contributed by atoms with Crippen LogP contribution in [0.25, 0.3) is 0 Å². The number of nitrogens with zero attached hydrogens (tertiary/aromatic N) is 2. The molecule has 1 heterocycles. The van der Waals surface area contributed by atoms with Crippen LogP contribution in [0.4, 0.5) is 0 Å². The zero-order valence-corrected chi connectivity index (χ0v) is 11.3. The molecular weight excluding hydrogens is 228 g/mol. The number of hydrogen-bond donors (Lipinski definition) is 1. The van der Waals surface area contributed by atoms with Crippen LogP contribution in [0.15, 0.2) is 30.3 Å². The third kappa shape index (κ3) is 4.34. The first-order chi connectivity index (χ1) is 8.38. The van der Waals surface area contributed by atoms with Gasteiger partial charge in [-0.2, -0.15) is 12.6 Å². The molecule has 0 saturated carbocycles. The summed E-state index contributed by atoms with van der Waals surface area (Å²) in [5, 5.41) is 0. The minimum absolute atomic E-state index is 1.00. The molecule has 0 aromatic heterocycles. The molecule has 1 aliphatic rings. The van der Waals surface area contributed by atoms with Gasteiger partial charge in [0.1, 0.15) is 0 Å². The summed E-state index contributed by atoms with van der Waals surface area (Å²) in [6.07, 6.45) is 1.21. The summed E-state index contributed by atoms with van der Waals surface area (Å²) in [4.78, 5) is 5.10. The van der Waals surface area contributed by atoms with E-state index < -0.39 is 0 Å². The summed E-state index contributed by atoms with van der Waals surface area (Å²) in [7, 11) is 0. The molecule has 0 unspecified atom stereocenters. The van der Waals surface area contributed by atoms with E-state index in [1.165, 1.54) is 44.7 Å². The molecule has 2 rings (SSSR count). The number of thiol groups is 1. The van der Waals surface area contributed by atoms with E-state index in [2.05, 4.69) is 52.8 Å². The molecule has 1 aromatic rings. The quantitative estimate of drug-likeness (QED) is 0.800. The lowest BCUT2D eigenvalue weighted by Gasteiger charge is -2.34. The molecule has 0 radical (unpaired) electrons. The Kier molecular flexibility index (Phi) is 5.36. The highest BCUT2D eigenvalue weighted by Gasteiger charge is 2.15. The summed E-state index contributed by atoms with van der Waals surface area (Å²) in [5.74, 6) is 1.00. The molecule has 17 heavy (non-hydrogen) atoms. The number of piperazine rings is 1. The van der Waals surface area contributed by atoms with Crippen molar-refractivity contribution < 1.29 is 0 Å². The van der Waals surface area contributed by atoms with Gasteiger partial charge in [-0.05, 0) is 24.3 Å². The zero-order chi connectivity index (χ0) is 11.9. The van der Waals surface area contributed by atoms with E-state index in [-0.39, 0.29) is 0 Å². The van der Waals surface area contributed by atoms with Crippen molar-refractivity contribution in [2.75, 3.05) is 38.5 Å². The highest BCUT2D eigenvalue weighted by Crippen LogP contribution is 2.08. The molecular formula is C14H22N2S. The van der Waals surface area contributed by atoms with Crippen molar-refractivity contribution in [3.05, 3.63) is 35.9 Å². The molecule has 0 atom stereocenters. The van der Waals surface area contributed by atoms with Crippen LogP contribution in [0.3, 0.4) is 0 Å². The second-order valence-corrected chi connectivity index (χ2v) is 5.13. The van der Waals surface area contributed by atoms with Gasteiger partial charge in [0.15, 0.2) is 0 Å². The summed E-state index contributed by atoms with van der Waals surface area (Å²) in [6, 6.07) is 10.8. The Bertz CT molecular complexity index is 307. The molecule has 1 saturated heterocycles. The molecule has 1 aliphatic heterocycles. The van der Waals surface area contributed by atoms with E-state index in [1.807, 2.05) is 0 Å². The third-order valence-electron chi connectivity index (χ3n) is 3.35. The molecule has 0 aliphatic carbocycles. The summed E-state index contributed by atoms with van der Waals surface area (Å²) >= 11 is 4.27. The molecule has 0 amide bonds. The fourth-order valence-corrected chi connectivity index (χ4v) is 2.45. The van der Waals surface area contributed by atoms with Gasteiger partial charge in [-0.15, -0.1) is 0 Å². The minimum Gasteiger partial charge on any atom is -0.301 e. The maximum atomic E-state index is 4.27. The second-order valence-electron chi connectivity index (χ2n) is 4.68. The summed E-state index contributed by atoms with van der Waals surface area (Å²) in [6.45, 7) is 7.12. The Morgan fingerprint density at radius 3 is 2.24 bits per heavy atom. The minimum atomic E-state index is 1.00. The maximum absolute atomic E-state index is 4.27. The smallest absolute Gasteiger partial charge is 0.0234 e. The SMILES string of the molecule is SCCCN1CCN(Cc2ccccc2)CC1. The second kappa shape index (κ2) is 7.04. The highest BCUT2D eigenvalue weighted by atomic mass is 32.1. The van der Waals surface area contributed by atoms with Crippen LogP contribution < -0.4 is 0 Å². The van der Waals surface area contributed by atoms with Gasteiger partial charge in [0.05, 0.1) is 0 Å². The van der Waals surface area contributed by atoms with Gasteiger partial charge < -0.3 is 4.90 Å². The number of hydrogen-bond acceptors (Lipinski definition) is 3. The van der Waals surface area contributed by atoms with Gasteiger partial charge in [0.2, 0.25) is 0 Å². The van der Waals surface area contributed by atoms with Crippen LogP contribution >= 0.6 is 12.6 Å². The van der Waals surface area contributed by atoms with E-state index in [1.54, 1.807) is 0 Å². The molecule has 1 fully saturated rings. The van der Waals surface area contributed by atoms with Crippen LogP contribution in [0, 0.1) is 0 Å². The third-order valence-corrected chi connectivity index (χ3v) is 3.66. The van der Waals surface area contributed by atoms with Crippen molar-refractivity contribution in [2.45, 2.75) is 13.0 Å². The van der Waals surface area contributed by atoms with E-state index in [0.29, 0.717) is 0 Å². The molecule has 0 spiro atoms. The maximum Gasteiger partial charge on any atom is 0.0234 e. The van der Waals surface area contributed by atoms with Crippen molar-refractivity contribution in [3.8, 4) is 0 Å². The van der Waals surface area contributed by atoms with Gasteiger partial charge >= 0.3 is 0 Å². The first kappa shape index (κ1) is 12.9. The average Bonchev–Trinajstić information content (AvgIpc) is 2.39. The Morgan fingerprint density at radius 2 is 1.59 bits per heavy atom. The van der Waals surface area contributed by atoms with Gasteiger partial charge in [0, 0.05) is 32.7 Å². The first-order valence-corrected chi connectivity index (χ1v) is 7.11. The standard InChI is InChI=1S/C14H22N2S/c17-12-4-7-15-8-10-16(11-9-15)13-14-5-2-1-3-6-14/h1-3,5-6,17H,4,7-13H2. The van der Waals surface area contributed by atoms with Gasteiger partial charge in [-0.25, -0.2) is 0 Å². The van der Waals surface area contributed by atoms with Crippen LogP contribution in [0.5, 0.6) is 0 Å². The molecule has 94 valence electrons. The van der Waals surface area contributed by atoms with Crippen molar-refractivity contribution in [2.24, 2.45) is 0 Å². The topological polar surface area (TPSA) is 6.48 Å². The van der Waals surface area contributed by atoms with Crippen molar-refractivity contribution in [3.63, 3.8) is 0 Å². The van der Waals surface area contributed by atoms with Crippen molar-refractivity contribution in [1.29, 1.82) is 0 Å². The lowest BCUT2D eigenvalue weighted by atomic mass is 10.2. The van der Waals surface area contributed by atoms with Gasteiger partial charge in [-0.1, -0.05) is 30.3 Å². The Balaban J connectivity index is 1.72. The molecule has 0 N–H and O–H groups in total. The van der Waals surface area contributed by atoms with Crippen LogP contribution in [-0.2, 0) is 6.54 Å². The highest BCUT2D eigenvalue weighted by molar-refractivity contribution is 7.80. The fraction of sp³-hybridized carbons (Fsp3) is 0.571. The summed E-state index contributed by atoms with van der Waals surface area (Å²) < 4.78 is 0. The Morgan fingerprint density at radius 1 is 0.941 bits per heavy atom. The van der Waals surface area contributed by atoms with Gasteiger partial charge in [-0.3, -0.25) is 4.90 Å². The number of benzene rings is 1. The lowest BCUT2D eigenvalue weighted by molar-refractivity contribution is 0.127. The summed E-state index contributed by atoms with van der Waals surface area (Å²) in [5.41, 5.74) is 1.43. The molecule has 0 bridgehead atoms. The molecule has 2 nitrogen and oxygen atoms in total.